The van der Waals surface area contributed by atoms with Crippen molar-refractivity contribution in [3.05, 3.63) is 72.3 Å². The van der Waals surface area contributed by atoms with Crippen LogP contribution in [0.25, 0.3) is 0 Å². The number of rotatable bonds is 8. The second-order valence-electron chi connectivity index (χ2n) is 6.28. The van der Waals surface area contributed by atoms with Gasteiger partial charge >= 0.3 is 0 Å². The fourth-order valence-electron chi connectivity index (χ4n) is 2.67. The van der Waals surface area contributed by atoms with Gasteiger partial charge in [0.1, 0.15) is 18.4 Å². The number of carbonyl (C=O) groups excluding carboxylic acids is 1. The van der Waals surface area contributed by atoms with E-state index in [1.165, 1.54) is 6.33 Å². The summed E-state index contributed by atoms with van der Waals surface area (Å²) in [6, 6.07) is 15.1. The Labute approximate surface area is 158 Å². The second-order valence-corrected chi connectivity index (χ2v) is 6.28. The predicted octanol–water partition coefficient (Wildman–Crippen LogP) is 2.72. The summed E-state index contributed by atoms with van der Waals surface area (Å²) in [6.45, 7) is 3.53. The summed E-state index contributed by atoms with van der Waals surface area (Å²) in [5, 5.41) is 10.5. The van der Waals surface area contributed by atoms with Crippen molar-refractivity contribution in [1.82, 2.24) is 20.1 Å². The highest BCUT2D eigenvalue weighted by molar-refractivity contribution is 6.04. The Balaban J connectivity index is 1.55. The van der Waals surface area contributed by atoms with Crippen molar-refractivity contribution in [2.45, 2.75) is 26.1 Å². The van der Waals surface area contributed by atoms with Gasteiger partial charge in [0.2, 0.25) is 0 Å². The lowest BCUT2D eigenvalue weighted by Crippen LogP contribution is -2.30. The Morgan fingerprint density at radius 2 is 2.04 bits per heavy atom. The molecule has 3 rings (SSSR count). The first-order chi connectivity index (χ1) is 13.1. The molecule has 7 nitrogen and oxygen atoms in total. The zero-order valence-corrected chi connectivity index (χ0v) is 15.4. The average Bonchev–Trinajstić information content (AvgIpc) is 3.20. The molecule has 0 bridgehead atoms. The molecule has 0 saturated heterocycles. The van der Waals surface area contributed by atoms with Crippen molar-refractivity contribution in [2.24, 2.45) is 0 Å². The molecule has 0 aliphatic rings. The number of hydrogen-bond acceptors (Lipinski definition) is 5. The number of aromatic nitrogens is 3. The molecule has 0 aliphatic carbocycles. The molecule has 0 saturated carbocycles. The van der Waals surface area contributed by atoms with Crippen molar-refractivity contribution in [3.8, 4) is 5.75 Å². The second kappa shape index (κ2) is 8.95. The Bertz CT molecular complexity index is 862. The maximum Gasteiger partial charge on any atom is 0.255 e. The quantitative estimate of drug-likeness (QED) is 0.641. The molecular weight excluding hydrogens is 342 g/mol. The number of benzene rings is 2. The summed E-state index contributed by atoms with van der Waals surface area (Å²) in [5.74, 6) is 0.571. The molecule has 27 heavy (non-hydrogen) atoms. The lowest BCUT2D eigenvalue weighted by molar-refractivity contribution is 0.102. The highest BCUT2D eigenvalue weighted by Crippen LogP contribution is 2.15. The van der Waals surface area contributed by atoms with Crippen LogP contribution in [0.4, 0.5) is 5.69 Å². The summed E-state index contributed by atoms with van der Waals surface area (Å²) < 4.78 is 6.91. The standard InChI is InChI=1S/C20H23N5O2/c1-15(12-25-14-21-13-23-25)22-11-16-4-3-5-18(10-16)24-20(26)17-6-8-19(27-2)9-7-17/h3-10,13-15,22H,11-12H2,1-2H3,(H,24,26). The number of amides is 1. The maximum absolute atomic E-state index is 12.4. The van der Waals surface area contributed by atoms with Crippen molar-refractivity contribution in [1.29, 1.82) is 0 Å². The number of carbonyl (C=O) groups is 1. The first-order valence-corrected chi connectivity index (χ1v) is 8.74. The van der Waals surface area contributed by atoms with E-state index >= 15 is 0 Å². The lowest BCUT2D eigenvalue weighted by Gasteiger charge is -2.14. The molecule has 1 unspecified atom stereocenters. The molecule has 0 aliphatic heterocycles. The van der Waals surface area contributed by atoms with E-state index in [1.807, 2.05) is 24.3 Å². The van der Waals surface area contributed by atoms with Gasteiger partial charge in [-0.25, -0.2) is 4.98 Å². The molecule has 1 atom stereocenters. The molecule has 2 N–H and O–H groups in total. The minimum absolute atomic E-state index is 0.151. The SMILES string of the molecule is COc1ccc(C(=O)Nc2cccc(CNC(C)Cn3cncn3)c2)cc1. The molecular formula is C20H23N5O2. The van der Waals surface area contributed by atoms with Crippen LogP contribution < -0.4 is 15.4 Å². The molecule has 3 aromatic rings. The largest absolute Gasteiger partial charge is 0.497 e. The fourth-order valence-corrected chi connectivity index (χ4v) is 2.67. The molecule has 0 fully saturated rings. The van der Waals surface area contributed by atoms with Gasteiger partial charge in [-0.05, 0) is 48.9 Å². The summed E-state index contributed by atoms with van der Waals surface area (Å²) >= 11 is 0. The van der Waals surface area contributed by atoms with E-state index in [0.717, 1.165) is 23.5 Å². The van der Waals surface area contributed by atoms with E-state index in [4.69, 9.17) is 4.74 Å². The van der Waals surface area contributed by atoms with E-state index in [9.17, 15) is 4.79 Å². The van der Waals surface area contributed by atoms with E-state index in [-0.39, 0.29) is 11.9 Å². The van der Waals surface area contributed by atoms with Crippen LogP contribution in [0.1, 0.15) is 22.8 Å². The van der Waals surface area contributed by atoms with Crippen LogP contribution in [-0.4, -0.2) is 33.8 Å². The van der Waals surface area contributed by atoms with Gasteiger partial charge in [0.15, 0.2) is 0 Å². The van der Waals surface area contributed by atoms with Crippen molar-refractivity contribution < 1.29 is 9.53 Å². The average molecular weight is 365 g/mol. The molecule has 1 amide bonds. The molecule has 140 valence electrons. The summed E-state index contributed by atoms with van der Waals surface area (Å²) in [4.78, 5) is 16.3. The van der Waals surface area contributed by atoms with Crippen LogP contribution in [0, 0.1) is 0 Å². The third-order valence-corrected chi connectivity index (χ3v) is 4.12. The number of nitrogens with zero attached hydrogens (tertiary/aromatic N) is 3. The minimum atomic E-state index is -0.151. The zero-order chi connectivity index (χ0) is 19.1. The number of methoxy groups -OCH3 is 1. The molecule has 1 heterocycles. The molecule has 1 aromatic heterocycles. The van der Waals surface area contributed by atoms with Gasteiger partial charge < -0.3 is 15.4 Å². The van der Waals surface area contributed by atoms with Crippen molar-refractivity contribution in [3.63, 3.8) is 0 Å². The lowest BCUT2D eigenvalue weighted by atomic mass is 10.1. The van der Waals surface area contributed by atoms with Gasteiger partial charge in [-0.15, -0.1) is 0 Å². The smallest absolute Gasteiger partial charge is 0.255 e. The highest BCUT2D eigenvalue weighted by atomic mass is 16.5. The van der Waals surface area contributed by atoms with Crippen LogP contribution in [0.5, 0.6) is 5.75 Å². The third kappa shape index (κ3) is 5.39. The summed E-state index contributed by atoms with van der Waals surface area (Å²) in [6.07, 6.45) is 3.23. The number of hydrogen-bond donors (Lipinski definition) is 2. The van der Waals surface area contributed by atoms with Gasteiger partial charge in [-0.1, -0.05) is 12.1 Å². The van der Waals surface area contributed by atoms with E-state index < -0.39 is 0 Å². The number of nitrogens with one attached hydrogen (secondary N) is 2. The third-order valence-electron chi connectivity index (χ3n) is 4.12. The van der Waals surface area contributed by atoms with Crippen molar-refractivity contribution in [2.75, 3.05) is 12.4 Å². The Morgan fingerprint density at radius 1 is 1.22 bits per heavy atom. The van der Waals surface area contributed by atoms with Gasteiger partial charge in [-0.3, -0.25) is 9.48 Å². The van der Waals surface area contributed by atoms with Gasteiger partial charge in [-0.2, -0.15) is 5.10 Å². The zero-order valence-electron chi connectivity index (χ0n) is 15.4. The van der Waals surface area contributed by atoms with Crippen LogP contribution in [0.3, 0.4) is 0 Å². The van der Waals surface area contributed by atoms with E-state index in [0.29, 0.717) is 12.1 Å². The molecule has 7 heteroatoms. The van der Waals surface area contributed by atoms with Crippen LogP contribution >= 0.6 is 0 Å². The topological polar surface area (TPSA) is 81.1 Å². The van der Waals surface area contributed by atoms with Crippen LogP contribution in [-0.2, 0) is 13.1 Å². The first-order valence-electron chi connectivity index (χ1n) is 8.74. The fraction of sp³-hybridized carbons (Fsp3) is 0.250. The number of anilines is 1. The minimum Gasteiger partial charge on any atom is -0.497 e. The first kappa shape index (κ1) is 18.6. The van der Waals surface area contributed by atoms with Crippen LogP contribution in [0.15, 0.2) is 61.2 Å². The molecule has 0 spiro atoms. The number of ether oxygens (including phenoxy) is 1. The molecule has 2 aromatic carbocycles. The monoisotopic (exact) mass is 365 g/mol. The Hall–Kier alpha value is -3.19. The normalized spacial score (nSPS) is 11.8. The summed E-state index contributed by atoms with van der Waals surface area (Å²) in [5.41, 5.74) is 2.44. The highest BCUT2D eigenvalue weighted by Gasteiger charge is 2.08. The van der Waals surface area contributed by atoms with Gasteiger partial charge in [0, 0.05) is 23.8 Å². The van der Waals surface area contributed by atoms with Crippen molar-refractivity contribution >= 4 is 11.6 Å². The van der Waals surface area contributed by atoms with E-state index in [1.54, 1.807) is 42.4 Å². The molecule has 0 radical (unpaired) electrons. The summed E-state index contributed by atoms with van der Waals surface area (Å²) in [7, 11) is 1.60. The Morgan fingerprint density at radius 3 is 2.74 bits per heavy atom. The predicted molar refractivity (Wildman–Crippen MR) is 104 cm³/mol. The van der Waals surface area contributed by atoms with Gasteiger partial charge in [0.25, 0.3) is 5.91 Å². The maximum atomic E-state index is 12.4. The van der Waals surface area contributed by atoms with E-state index in [2.05, 4.69) is 27.6 Å². The Kier molecular flexibility index (Phi) is 6.17. The van der Waals surface area contributed by atoms with Crippen LogP contribution in [0.2, 0.25) is 0 Å². The van der Waals surface area contributed by atoms with Gasteiger partial charge in [0.05, 0.1) is 13.7 Å².